The molecule has 0 aliphatic carbocycles. The number of carbonyl (C=O) groups excluding carboxylic acids is 1. The number of carbonyl (C=O) groups is 1. The molecular formula is C24H31N5O2. The van der Waals surface area contributed by atoms with Gasteiger partial charge in [0, 0.05) is 51.9 Å². The van der Waals surface area contributed by atoms with Gasteiger partial charge in [-0.1, -0.05) is 42.5 Å². The third-order valence-corrected chi connectivity index (χ3v) is 5.72. The number of guanidine groups is 1. The second-order valence-electron chi connectivity index (χ2n) is 8.02. The molecule has 2 heterocycles. The maximum atomic E-state index is 12.4. The Bertz CT molecular complexity index is 896. The highest BCUT2D eigenvalue weighted by atomic mass is 16.5. The Morgan fingerprint density at radius 3 is 2.65 bits per heavy atom. The van der Waals surface area contributed by atoms with Crippen molar-refractivity contribution in [1.29, 1.82) is 0 Å². The molecule has 2 fully saturated rings. The van der Waals surface area contributed by atoms with Crippen LogP contribution in [0.25, 0.3) is 0 Å². The molecule has 2 aliphatic rings. The lowest BCUT2D eigenvalue weighted by molar-refractivity contribution is -0.117. The van der Waals surface area contributed by atoms with E-state index in [1.54, 1.807) is 7.05 Å². The van der Waals surface area contributed by atoms with E-state index in [9.17, 15) is 4.79 Å². The lowest BCUT2D eigenvalue weighted by Crippen LogP contribution is -2.44. The number of aliphatic imine (C=N–C) groups is 1. The second-order valence-corrected chi connectivity index (χ2v) is 8.02. The molecule has 4 rings (SSSR count). The maximum absolute atomic E-state index is 12.4. The summed E-state index contributed by atoms with van der Waals surface area (Å²) in [4.78, 5) is 21.1. The summed E-state index contributed by atoms with van der Waals surface area (Å²) in [7, 11) is 1.76. The molecule has 164 valence electrons. The number of nitrogens with zero attached hydrogens (tertiary/aromatic N) is 3. The maximum Gasteiger partial charge on any atom is 0.229 e. The van der Waals surface area contributed by atoms with Crippen LogP contribution < -0.4 is 15.5 Å². The van der Waals surface area contributed by atoms with Gasteiger partial charge in [-0.3, -0.25) is 14.7 Å². The van der Waals surface area contributed by atoms with Crippen molar-refractivity contribution >= 4 is 17.6 Å². The van der Waals surface area contributed by atoms with Gasteiger partial charge in [-0.05, 0) is 23.3 Å². The predicted octanol–water partition coefficient (Wildman–Crippen LogP) is 1.99. The zero-order valence-corrected chi connectivity index (χ0v) is 18.1. The average molecular weight is 422 g/mol. The highest BCUT2D eigenvalue weighted by molar-refractivity contribution is 5.97. The number of anilines is 1. The van der Waals surface area contributed by atoms with Gasteiger partial charge in [0.1, 0.15) is 0 Å². The van der Waals surface area contributed by atoms with Crippen LogP contribution in [0.4, 0.5) is 5.69 Å². The molecule has 2 aromatic carbocycles. The minimum atomic E-state index is 0.0339. The van der Waals surface area contributed by atoms with Crippen molar-refractivity contribution in [3.05, 3.63) is 65.7 Å². The van der Waals surface area contributed by atoms with Gasteiger partial charge < -0.3 is 20.3 Å². The zero-order chi connectivity index (χ0) is 21.5. The van der Waals surface area contributed by atoms with E-state index >= 15 is 0 Å². The molecule has 1 unspecified atom stereocenters. The molecule has 1 amide bonds. The minimum absolute atomic E-state index is 0.0339. The molecule has 31 heavy (non-hydrogen) atoms. The van der Waals surface area contributed by atoms with Crippen LogP contribution in [-0.2, 0) is 22.6 Å². The van der Waals surface area contributed by atoms with E-state index in [1.807, 2.05) is 35.2 Å². The summed E-state index contributed by atoms with van der Waals surface area (Å²) < 4.78 is 5.44. The average Bonchev–Trinajstić information content (AvgIpc) is 3.18. The van der Waals surface area contributed by atoms with Gasteiger partial charge in [-0.2, -0.15) is 0 Å². The third-order valence-electron chi connectivity index (χ3n) is 5.72. The van der Waals surface area contributed by atoms with Crippen molar-refractivity contribution in [2.24, 2.45) is 4.99 Å². The number of morpholine rings is 1. The van der Waals surface area contributed by atoms with Crippen LogP contribution in [0.5, 0.6) is 0 Å². The molecule has 7 nitrogen and oxygen atoms in total. The predicted molar refractivity (Wildman–Crippen MR) is 123 cm³/mol. The monoisotopic (exact) mass is 421 g/mol. The summed E-state index contributed by atoms with van der Waals surface area (Å²) in [5.74, 6) is 0.848. The van der Waals surface area contributed by atoms with Crippen molar-refractivity contribution < 1.29 is 9.53 Å². The quantitative estimate of drug-likeness (QED) is 0.552. The molecule has 2 aromatic rings. The SMILES string of the molecule is CN=C(NCc1cccc(CN2CCOCC2)c1)NC1CC(=O)N(c2ccccc2)C1. The number of ether oxygens (including phenoxy) is 1. The van der Waals surface area contributed by atoms with Gasteiger partial charge in [-0.25, -0.2) is 0 Å². The van der Waals surface area contributed by atoms with Gasteiger partial charge in [0.05, 0.1) is 19.3 Å². The standard InChI is InChI=1S/C24H31N5O2/c1-25-24(27-21-15-23(30)29(18-21)22-8-3-2-4-9-22)26-16-19-6-5-7-20(14-19)17-28-10-12-31-13-11-28/h2-9,14,21H,10-13,15-18H2,1H3,(H2,25,26,27). The molecular weight excluding hydrogens is 390 g/mol. The van der Waals surface area contributed by atoms with E-state index in [-0.39, 0.29) is 11.9 Å². The van der Waals surface area contributed by atoms with Gasteiger partial charge in [0.2, 0.25) is 5.91 Å². The third kappa shape index (κ3) is 5.83. The second kappa shape index (κ2) is 10.4. The number of para-hydroxylation sites is 1. The van der Waals surface area contributed by atoms with Crippen LogP contribution in [0.1, 0.15) is 17.5 Å². The lowest BCUT2D eigenvalue weighted by atomic mass is 10.1. The summed E-state index contributed by atoms with van der Waals surface area (Å²) in [6.45, 7) is 5.86. The van der Waals surface area contributed by atoms with Crippen LogP contribution in [0.15, 0.2) is 59.6 Å². The van der Waals surface area contributed by atoms with Crippen LogP contribution >= 0.6 is 0 Å². The van der Waals surface area contributed by atoms with Crippen molar-refractivity contribution in [3.63, 3.8) is 0 Å². The largest absolute Gasteiger partial charge is 0.379 e. The van der Waals surface area contributed by atoms with Crippen LogP contribution in [0, 0.1) is 0 Å². The highest BCUT2D eigenvalue weighted by Crippen LogP contribution is 2.21. The number of rotatable bonds is 6. The number of benzene rings is 2. The van der Waals surface area contributed by atoms with E-state index in [1.165, 1.54) is 11.1 Å². The van der Waals surface area contributed by atoms with Crippen molar-refractivity contribution in [2.75, 3.05) is 44.8 Å². The fraction of sp³-hybridized carbons (Fsp3) is 0.417. The Hall–Kier alpha value is -2.90. The topological polar surface area (TPSA) is 69.2 Å². The molecule has 0 bridgehead atoms. The molecule has 0 aromatic heterocycles. The van der Waals surface area contributed by atoms with Crippen molar-refractivity contribution in [1.82, 2.24) is 15.5 Å². The Morgan fingerprint density at radius 2 is 1.87 bits per heavy atom. The van der Waals surface area contributed by atoms with E-state index < -0.39 is 0 Å². The molecule has 0 saturated carbocycles. The van der Waals surface area contributed by atoms with Crippen LogP contribution in [0.3, 0.4) is 0 Å². The zero-order valence-electron chi connectivity index (χ0n) is 18.1. The summed E-state index contributed by atoms with van der Waals surface area (Å²) >= 11 is 0. The first kappa shape index (κ1) is 21.3. The Morgan fingerprint density at radius 1 is 1.10 bits per heavy atom. The Labute approximate surface area is 184 Å². The lowest BCUT2D eigenvalue weighted by Gasteiger charge is -2.26. The van der Waals surface area contributed by atoms with Gasteiger partial charge in [0.25, 0.3) is 0 Å². The van der Waals surface area contributed by atoms with E-state index in [4.69, 9.17) is 4.74 Å². The highest BCUT2D eigenvalue weighted by Gasteiger charge is 2.31. The van der Waals surface area contributed by atoms with Crippen molar-refractivity contribution in [2.45, 2.75) is 25.6 Å². The van der Waals surface area contributed by atoms with Crippen molar-refractivity contribution in [3.8, 4) is 0 Å². The van der Waals surface area contributed by atoms with Crippen LogP contribution in [0.2, 0.25) is 0 Å². The summed E-state index contributed by atoms with van der Waals surface area (Å²) in [5.41, 5.74) is 3.46. The summed E-state index contributed by atoms with van der Waals surface area (Å²) in [6.07, 6.45) is 0.463. The van der Waals surface area contributed by atoms with E-state index in [2.05, 4.69) is 44.8 Å². The first-order valence-electron chi connectivity index (χ1n) is 10.9. The number of nitrogens with one attached hydrogen (secondary N) is 2. The Kier molecular flexibility index (Phi) is 7.17. The van der Waals surface area contributed by atoms with Gasteiger partial charge in [0.15, 0.2) is 5.96 Å². The Balaban J connectivity index is 1.29. The molecule has 0 radical (unpaired) electrons. The molecule has 1 atom stereocenters. The fourth-order valence-corrected chi connectivity index (χ4v) is 4.09. The molecule has 2 N–H and O–H groups in total. The minimum Gasteiger partial charge on any atom is -0.379 e. The molecule has 0 spiro atoms. The van der Waals surface area contributed by atoms with E-state index in [0.717, 1.165) is 38.5 Å². The smallest absolute Gasteiger partial charge is 0.229 e. The number of hydrogen-bond acceptors (Lipinski definition) is 4. The number of hydrogen-bond donors (Lipinski definition) is 2. The molecule has 2 aliphatic heterocycles. The van der Waals surface area contributed by atoms with E-state index in [0.29, 0.717) is 25.5 Å². The fourth-order valence-electron chi connectivity index (χ4n) is 4.09. The first-order valence-corrected chi connectivity index (χ1v) is 10.9. The van der Waals surface area contributed by atoms with Gasteiger partial charge >= 0.3 is 0 Å². The molecule has 2 saturated heterocycles. The van der Waals surface area contributed by atoms with Gasteiger partial charge in [-0.15, -0.1) is 0 Å². The first-order chi connectivity index (χ1) is 15.2. The van der Waals surface area contributed by atoms with Crippen LogP contribution in [-0.4, -0.2) is 62.7 Å². The number of amides is 1. The normalized spacial score (nSPS) is 20.2. The molecule has 7 heteroatoms. The summed E-state index contributed by atoms with van der Waals surface area (Å²) in [5, 5.41) is 6.79. The summed E-state index contributed by atoms with van der Waals surface area (Å²) in [6, 6.07) is 18.5.